The molecule has 0 radical (unpaired) electrons. The number of hydrogen-bond donors (Lipinski definition) is 1. The summed E-state index contributed by atoms with van der Waals surface area (Å²) >= 11 is 0. The van der Waals surface area contributed by atoms with Crippen LogP contribution in [0, 0.1) is 5.92 Å². The molecule has 0 unspecified atom stereocenters. The highest BCUT2D eigenvalue weighted by molar-refractivity contribution is 5.83. The lowest BCUT2D eigenvalue weighted by molar-refractivity contribution is -0.139. The second-order valence-corrected chi connectivity index (χ2v) is 8.48. The fourth-order valence-corrected chi connectivity index (χ4v) is 4.62. The van der Waals surface area contributed by atoms with Crippen LogP contribution in [0.2, 0.25) is 0 Å². The second-order valence-electron chi connectivity index (χ2n) is 8.48. The first-order valence-corrected chi connectivity index (χ1v) is 10.7. The Morgan fingerprint density at radius 3 is 2.21 bits per heavy atom. The third-order valence-corrected chi connectivity index (χ3v) is 6.44. The van der Waals surface area contributed by atoms with Crippen molar-refractivity contribution in [2.75, 3.05) is 66.0 Å². The van der Waals surface area contributed by atoms with Gasteiger partial charge in [0.2, 0.25) is 17.7 Å². The van der Waals surface area contributed by atoms with Crippen LogP contribution in [0.5, 0.6) is 0 Å². The average Bonchev–Trinajstić information content (AvgIpc) is 2.72. The van der Waals surface area contributed by atoms with Gasteiger partial charge in [-0.3, -0.25) is 19.3 Å². The predicted molar refractivity (Wildman–Crippen MR) is 107 cm³/mol. The molecule has 3 rings (SSSR count). The first-order valence-electron chi connectivity index (χ1n) is 10.7. The van der Waals surface area contributed by atoms with Crippen LogP contribution in [0.25, 0.3) is 0 Å². The van der Waals surface area contributed by atoms with Gasteiger partial charge in [-0.15, -0.1) is 0 Å². The van der Waals surface area contributed by atoms with Crippen LogP contribution in [0.4, 0.5) is 0 Å². The van der Waals surface area contributed by atoms with Gasteiger partial charge in [-0.25, -0.2) is 0 Å². The van der Waals surface area contributed by atoms with Crippen molar-refractivity contribution in [1.29, 1.82) is 0 Å². The van der Waals surface area contributed by atoms with Crippen LogP contribution in [0.1, 0.15) is 32.6 Å². The van der Waals surface area contributed by atoms with E-state index in [1.807, 2.05) is 4.90 Å². The maximum Gasteiger partial charge on any atom is 0.241 e. The topological polar surface area (TPSA) is 76.2 Å². The minimum atomic E-state index is -0.174. The number of rotatable bonds is 4. The van der Waals surface area contributed by atoms with E-state index in [1.165, 1.54) is 6.92 Å². The van der Waals surface area contributed by atoms with E-state index in [1.54, 1.807) is 0 Å². The summed E-state index contributed by atoms with van der Waals surface area (Å²) in [4.78, 5) is 44.8. The number of piperidine rings is 2. The maximum absolute atomic E-state index is 12.9. The van der Waals surface area contributed by atoms with E-state index in [0.29, 0.717) is 11.9 Å². The van der Waals surface area contributed by atoms with Gasteiger partial charge < -0.3 is 20.0 Å². The summed E-state index contributed by atoms with van der Waals surface area (Å²) in [5, 5.41) is 2.58. The van der Waals surface area contributed by atoms with E-state index in [-0.39, 0.29) is 24.3 Å². The molecule has 3 saturated heterocycles. The SMILES string of the molecule is CC(=O)NCC(=O)N1CCC(N2CCC[C@H](C(=O)N3CCN(C)CC3)C2)CC1. The quantitative estimate of drug-likeness (QED) is 0.703. The molecule has 0 aromatic heterocycles. The average molecular weight is 394 g/mol. The van der Waals surface area contributed by atoms with Crippen LogP contribution < -0.4 is 5.32 Å². The van der Waals surface area contributed by atoms with Crippen LogP contribution in [0.15, 0.2) is 0 Å². The van der Waals surface area contributed by atoms with Gasteiger partial charge in [0.25, 0.3) is 0 Å². The zero-order valence-electron chi connectivity index (χ0n) is 17.4. The Labute approximate surface area is 168 Å². The Hall–Kier alpha value is -1.67. The van der Waals surface area contributed by atoms with Gasteiger partial charge in [0, 0.05) is 58.8 Å². The van der Waals surface area contributed by atoms with E-state index in [4.69, 9.17) is 0 Å². The Balaban J connectivity index is 1.45. The van der Waals surface area contributed by atoms with E-state index in [2.05, 4.69) is 27.1 Å². The number of nitrogens with one attached hydrogen (secondary N) is 1. The highest BCUT2D eigenvalue weighted by Gasteiger charge is 2.34. The Bertz CT molecular complexity index is 568. The summed E-state index contributed by atoms with van der Waals surface area (Å²) in [7, 11) is 2.11. The third-order valence-electron chi connectivity index (χ3n) is 6.44. The summed E-state index contributed by atoms with van der Waals surface area (Å²) in [6, 6.07) is 0.452. The molecule has 3 aliphatic rings. The van der Waals surface area contributed by atoms with Crippen LogP contribution in [0.3, 0.4) is 0 Å². The molecule has 3 aliphatic heterocycles. The van der Waals surface area contributed by atoms with Gasteiger partial charge in [0.05, 0.1) is 12.5 Å². The van der Waals surface area contributed by atoms with Crippen LogP contribution in [-0.2, 0) is 14.4 Å². The van der Waals surface area contributed by atoms with Gasteiger partial charge in [-0.05, 0) is 39.3 Å². The number of likely N-dealkylation sites (N-methyl/N-ethyl adjacent to an activating group) is 1. The minimum Gasteiger partial charge on any atom is -0.347 e. The third kappa shape index (κ3) is 5.44. The smallest absolute Gasteiger partial charge is 0.241 e. The number of hydrogen-bond acceptors (Lipinski definition) is 5. The molecule has 1 atom stereocenters. The normalized spacial score (nSPS) is 25.6. The van der Waals surface area contributed by atoms with Crippen molar-refractivity contribution in [2.45, 2.75) is 38.6 Å². The molecule has 8 nitrogen and oxygen atoms in total. The lowest BCUT2D eigenvalue weighted by Gasteiger charge is -2.43. The first kappa shape index (κ1) is 21.0. The Morgan fingerprint density at radius 1 is 0.893 bits per heavy atom. The molecule has 0 aromatic rings. The van der Waals surface area contributed by atoms with Crippen molar-refractivity contribution in [2.24, 2.45) is 5.92 Å². The second kappa shape index (κ2) is 9.69. The fraction of sp³-hybridized carbons (Fsp3) is 0.850. The molecule has 158 valence electrons. The van der Waals surface area contributed by atoms with Crippen molar-refractivity contribution in [3.63, 3.8) is 0 Å². The number of likely N-dealkylation sites (tertiary alicyclic amines) is 2. The highest BCUT2D eigenvalue weighted by Crippen LogP contribution is 2.25. The van der Waals surface area contributed by atoms with E-state index < -0.39 is 0 Å². The molecule has 0 aliphatic carbocycles. The maximum atomic E-state index is 12.9. The summed E-state index contributed by atoms with van der Waals surface area (Å²) in [6.45, 7) is 8.52. The summed E-state index contributed by atoms with van der Waals surface area (Å²) in [5.74, 6) is 0.278. The van der Waals surface area contributed by atoms with E-state index in [0.717, 1.165) is 78.0 Å². The van der Waals surface area contributed by atoms with Crippen molar-refractivity contribution in [3.8, 4) is 0 Å². The van der Waals surface area contributed by atoms with Crippen LogP contribution in [-0.4, -0.2) is 109 Å². The van der Waals surface area contributed by atoms with Crippen molar-refractivity contribution in [3.05, 3.63) is 0 Å². The lowest BCUT2D eigenvalue weighted by atomic mass is 9.92. The van der Waals surface area contributed by atoms with Gasteiger partial charge >= 0.3 is 0 Å². The molecular weight excluding hydrogens is 358 g/mol. The van der Waals surface area contributed by atoms with Crippen LogP contribution >= 0.6 is 0 Å². The first-order chi connectivity index (χ1) is 13.4. The molecule has 28 heavy (non-hydrogen) atoms. The number of nitrogens with zero attached hydrogens (tertiary/aromatic N) is 4. The summed E-state index contributed by atoms with van der Waals surface area (Å²) < 4.78 is 0. The van der Waals surface area contributed by atoms with Gasteiger partial charge in [-0.1, -0.05) is 0 Å². The molecule has 0 aromatic carbocycles. The summed E-state index contributed by atoms with van der Waals surface area (Å²) in [5.41, 5.74) is 0. The number of carbonyl (C=O) groups excluding carboxylic acids is 3. The number of amides is 3. The monoisotopic (exact) mass is 393 g/mol. The molecule has 0 saturated carbocycles. The molecule has 3 amide bonds. The van der Waals surface area contributed by atoms with Gasteiger partial charge in [0.1, 0.15) is 0 Å². The standard InChI is InChI=1S/C20H35N5O3/c1-16(26)21-14-19(27)23-8-5-18(6-9-23)25-7-3-4-17(15-25)20(28)24-12-10-22(2)11-13-24/h17-18H,3-15H2,1-2H3,(H,21,26)/t17-/m0/s1. The van der Waals surface area contributed by atoms with Crippen molar-refractivity contribution >= 4 is 17.7 Å². The fourth-order valence-electron chi connectivity index (χ4n) is 4.62. The molecule has 8 heteroatoms. The minimum absolute atomic E-state index is 0.00425. The zero-order valence-corrected chi connectivity index (χ0v) is 17.4. The number of carbonyl (C=O) groups is 3. The van der Waals surface area contributed by atoms with Gasteiger partial charge in [0.15, 0.2) is 0 Å². The molecule has 0 spiro atoms. The summed E-state index contributed by atoms with van der Waals surface area (Å²) in [6.07, 6.45) is 3.96. The lowest BCUT2D eigenvalue weighted by Crippen LogP contribution is -2.54. The van der Waals surface area contributed by atoms with Crippen molar-refractivity contribution < 1.29 is 14.4 Å². The molecular formula is C20H35N5O3. The predicted octanol–water partition coefficient (Wildman–Crippen LogP) is -0.400. The Kier molecular flexibility index (Phi) is 7.29. The molecule has 3 heterocycles. The highest BCUT2D eigenvalue weighted by atomic mass is 16.2. The number of piperazine rings is 1. The molecule has 1 N–H and O–H groups in total. The van der Waals surface area contributed by atoms with E-state index in [9.17, 15) is 14.4 Å². The zero-order chi connectivity index (χ0) is 20.1. The Morgan fingerprint density at radius 2 is 1.57 bits per heavy atom. The molecule has 0 bridgehead atoms. The largest absolute Gasteiger partial charge is 0.347 e. The van der Waals surface area contributed by atoms with Gasteiger partial charge in [-0.2, -0.15) is 0 Å². The molecule has 3 fully saturated rings. The van der Waals surface area contributed by atoms with E-state index >= 15 is 0 Å². The van der Waals surface area contributed by atoms with Crippen molar-refractivity contribution in [1.82, 2.24) is 24.9 Å².